The predicted octanol–water partition coefficient (Wildman–Crippen LogP) is -0.268. The summed E-state index contributed by atoms with van der Waals surface area (Å²) >= 11 is 0. The molecule has 0 aromatic rings. The van der Waals surface area contributed by atoms with E-state index < -0.39 is 25.0 Å². The molecule has 0 fully saturated rings. The van der Waals surface area contributed by atoms with Crippen LogP contribution in [0.5, 0.6) is 0 Å². The summed E-state index contributed by atoms with van der Waals surface area (Å²) in [6.07, 6.45) is -2.45. The van der Waals surface area contributed by atoms with E-state index in [2.05, 4.69) is 10.1 Å². The molecular formula is C7H14F2N2O2. The minimum Gasteiger partial charge on any atom is -0.374 e. The Labute approximate surface area is 75.4 Å². The van der Waals surface area contributed by atoms with Gasteiger partial charge in [0.1, 0.15) is 6.61 Å². The number of alkyl halides is 2. The highest BCUT2D eigenvalue weighted by molar-refractivity contribution is 5.79. The Balaban J connectivity index is 3.21. The van der Waals surface area contributed by atoms with Crippen LogP contribution in [0.4, 0.5) is 8.78 Å². The Hall–Kier alpha value is -0.750. The van der Waals surface area contributed by atoms with Crippen LogP contribution in [0.1, 0.15) is 6.92 Å². The number of hydrogen-bond acceptors (Lipinski definition) is 3. The van der Waals surface area contributed by atoms with Crippen LogP contribution in [-0.2, 0) is 9.53 Å². The number of carbonyl (C=O) groups is 1. The number of halogens is 2. The van der Waals surface area contributed by atoms with Gasteiger partial charge in [-0.05, 0) is 6.92 Å². The Morgan fingerprint density at radius 1 is 1.62 bits per heavy atom. The lowest BCUT2D eigenvalue weighted by Crippen LogP contribution is -2.40. The lowest BCUT2D eigenvalue weighted by molar-refractivity contribution is -0.119. The molecule has 0 aliphatic rings. The number of nitrogens with one attached hydrogen (secondary N) is 1. The number of ether oxygens (including phenoxy) is 1. The van der Waals surface area contributed by atoms with Crippen LogP contribution in [-0.4, -0.2) is 38.1 Å². The van der Waals surface area contributed by atoms with Gasteiger partial charge in [-0.2, -0.15) is 0 Å². The number of carbonyl (C=O) groups excluding carboxylic acids is 1. The van der Waals surface area contributed by atoms with Crippen molar-refractivity contribution in [3.05, 3.63) is 0 Å². The van der Waals surface area contributed by atoms with E-state index in [1.807, 2.05) is 0 Å². The molecular weight excluding hydrogens is 182 g/mol. The Kier molecular flexibility index (Phi) is 6.34. The van der Waals surface area contributed by atoms with Crippen LogP contribution >= 0.6 is 0 Å². The summed E-state index contributed by atoms with van der Waals surface area (Å²) in [6.45, 7) is 1.49. The van der Waals surface area contributed by atoms with Gasteiger partial charge in [-0.3, -0.25) is 4.79 Å². The highest BCUT2D eigenvalue weighted by Gasteiger charge is 2.06. The zero-order valence-electron chi connectivity index (χ0n) is 7.43. The fourth-order valence-electron chi connectivity index (χ4n) is 0.621. The van der Waals surface area contributed by atoms with Crippen molar-refractivity contribution in [1.29, 1.82) is 0 Å². The van der Waals surface area contributed by atoms with E-state index >= 15 is 0 Å². The maximum Gasteiger partial charge on any atom is 0.261 e. The largest absolute Gasteiger partial charge is 0.374 e. The average molecular weight is 196 g/mol. The van der Waals surface area contributed by atoms with E-state index in [0.717, 1.165) is 0 Å². The molecule has 0 bridgehead atoms. The van der Waals surface area contributed by atoms with E-state index in [1.54, 1.807) is 6.92 Å². The van der Waals surface area contributed by atoms with Crippen molar-refractivity contribution in [2.24, 2.45) is 5.73 Å². The van der Waals surface area contributed by atoms with E-state index in [1.165, 1.54) is 0 Å². The summed E-state index contributed by atoms with van der Waals surface area (Å²) in [7, 11) is 0. The highest BCUT2D eigenvalue weighted by Crippen LogP contribution is 1.91. The lowest BCUT2D eigenvalue weighted by atomic mass is 10.3. The molecule has 1 unspecified atom stereocenters. The van der Waals surface area contributed by atoms with Crippen LogP contribution in [0.2, 0.25) is 0 Å². The van der Waals surface area contributed by atoms with Crippen molar-refractivity contribution in [2.45, 2.75) is 19.4 Å². The second-order valence-electron chi connectivity index (χ2n) is 2.54. The lowest BCUT2D eigenvalue weighted by Gasteiger charge is -2.09. The monoisotopic (exact) mass is 196 g/mol. The molecule has 0 saturated heterocycles. The second kappa shape index (κ2) is 6.73. The average Bonchev–Trinajstić information content (AvgIpc) is 2.02. The van der Waals surface area contributed by atoms with Gasteiger partial charge in [0.15, 0.2) is 0 Å². The predicted molar refractivity (Wildman–Crippen MR) is 43.5 cm³/mol. The molecule has 0 heterocycles. The normalized spacial score (nSPS) is 13.2. The van der Waals surface area contributed by atoms with Gasteiger partial charge in [-0.25, -0.2) is 8.78 Å². The summed E-state index contributed by atoms with van der Waals surface area (Å²) in [5.41, 5.74) is 4.94. The van der Waals surface area contributed by atoms with Crippen molar-refractivity contribution in [3.63, 3.8) is 0 Å². The Bertz CT molecular complexity index is 155. The number of nitrogens with two attached hydrogens (primary N) is 1. The minimum absolute atomic E-state index is 0.141. The first-order chi connectivity index (χ1) is 6.04. The van der Waals surface area contributed by atoms with Crippen LogP contribution in [0, 0.1) is 0 Å². The van der Waals surface area contributed by atoms with Crippen molar-refractivity contribution < 1.29 is 18.3 Å². The van der Waals surface area contributed by atoms with Crippen molar-refractivity contribution in [3.8, 4) is 0 Å². The van der Waals surface area contributed by atoms with Gasteiger partial charge in [0.2, 0.25) is 5.91 Å². The van der Waals surface area contributed by atoms with E-state index in [-0.39, 0.29) is 6.61 Å². The molecule has 13 heavy (non-hydrogen) atoms. The topological polar surface area (TPSA) is 64.3 Å². The Morgan fingerprint density at radius 3 is 2.69 bits per heavy atom. The molecule has 1 atom stereocenters. The molecule has 0 rings (SSSR count). The van der Waals surface area contributed by atoms with Gasteiger partial charge in [0, 0.05) is 6.54 Å². The molecule has 6 heteroatoms. The van der Waals surface area contributed by atoms with Crippen molar-refractivity contribution >= 4 is 5.91 Å². The second-order valence-corrected chi connectivity index (χ2v) is 2.54. The van der Waals surface area contributed by atoms with Gasteiger partial charge in [0.25, 0.3) is 6.43 Å². The van der Waals surface area contributed by atoms with Crippen LogP contribution in [0.25, 0.3) is 0 Å². The molecule has 4 nitrogen and oxygen atoms in total. The number of hydrogen-bond donors (Lipinski definition) is 2. The first kappa shape index (κ1) is 12.2. The van der Waals surface area contributed by atoms with E-state index in [9.17, 15) is 13.6 Å². The summed E-state index contributed by atoms with van der Waals surface area (Å²) in [6, 6.07) is -0.463. The molecule has 0 aliphatic heterocycles. The first-order valence-electron chi connectivity index (χ1n) is 3.92. The zero-order chi connectivity index (χ0) is 10.3. The molecule has 0 spiro atoms. The standard InChI is InChI=1S/C7H14F2N2O2/c1-5(7(10)12)11-2-3-13-4-6(8)9/h5-6,11H,2-4H2,1H3,(H2,10,12). The maximum absolute atomic E-state index is 11.5. The molecule has 0 aliphatic carbocycles. The van der Waals surface area contributed by atoms with Gasteiger partial charge in [-0.15, -0.1) is 0 Å². The molecule has 78 valence electrons. The summed E-state index contributed by atoms with van der Waals surface area (Å²) in [5.74, 6) is -0.478. The van der Waals surface area contributed by atoms with Crippen LogP contribution in [0.3, 0.4) is 0 Å². The first-order valence-corrected chi connectivity index (χ1v) is 3.92. The summed E-state index contributed by atoms with van der Waals surface area (Å²) < 4.78 is 27.6. The molecule has 0 radical (unpaired) electrons. The molecule has 0 aromatic carbocycles. The smallest absolute Gasteiger partial charge is 0.261 e. The zero-order valence-corrected chi connectivity index (χ0v) is 7.43. The molecule has 0 aromatic heterocycles. The minimum atomic E-state index is -2.45. The van der Waals surface area contributed by atoms with Gasteiger partial charge < -0.3 is 15.8 Å². The number of primary amides is 1. The third kappa shape index (κ3) is 7.61. The van der Waals surface area contributed by atoms with E-state index in [0.29, 0.717) is 6.54 Å². The highest BCUT2D eigenvalue weighted by atomic mass is 19.3. The fourth-order valence-corrected chi connectivity index (χ4v) is 0.621. The fraction of sp³-hybridized carbons (Fsp3) is 0.857. The third-order valence-electron chi connectivity index (χ3n) is 1.37. The molecule has 1 amide bonds. The number of amides is 1. The Morgan fingerprint density at radius 2 is 2.23 bits per heavy atom. The van der Waals surface area contributed by atoms with Gasteiger partial charge in [0.05, 0.1) is 12.6 Å². The maximum atomic E-state index is 11.5. The van der Waals surface area contributed by atoms with Crippen LogP contribution in [0.15, 0.2) is 0 Å². The van der Waals surface area contributed by atoms with Gasteiger partial charge >= 0.3 is 0 Å². The molecule has 0 saturated carbocycles. The van der Waals surface area contributed by atoms with Crippen LogP contribution < -0.4 is 11.1 Å². The van der Waals surface area contributed by atoms with Gasteiger partial charge in [-0.1, -0.05) is 0 Å². The third-order valence-corrected chi connectivity index (χ3v) is 1.37. The van der Waals surface area contributed by atoms with E-state index in [4.69, 9.17) is 5.73 Å². The summed E-state index contributed by atoms with van der Waals surface area (Å²) in [4.78, 5) is 10.5. The molecule has 3 N–H and O–H groups in total. The summed E-state index contributed by atoms with van der Waals surface area (Å²) in [5, 5.41) is 2.71. The number of rotatable bonds is 7. The SMILES string of the molecule is CC(NCCOCC(F)F)C(N)=O. The van der Waals surface area contributed by atoms with Crippen molar-refractivity contribution in [1.82, 2.24) is 5.32 Å². The quantitative estimate of drug-likeness (QED) is 0.551. The van der Waals surface area contributed by atoms with Crippen molar-refractivity contribution in [2.75, 3.05) is 19.8 Å².